The standard InChI is InChI=1S/C12H20N4O2/c1-8(2)15-11(13-7-12(4)5-6-12)10(16(17)18)9(3)14-15/h8,13H,5-7H2,1-4H3. The molecule has 1 N–H and O–H groups in total. The van der Waals surface area contributed by atoms with Crippen LogP contribution < -0.4 is 5.32 Å². The second kappa shape index (κ2) is 4.26. The number of nitrogens with one attached hydrogen (secondary N) is 1. The molecule has 1 aromatic heterocycles. The van der Waals surface area contributed by atoms with E-state index >= 15 is 0 Å². The lowest BCUT2D eigenvalue weighted by molar-refractivity contribution is -0.384. The average Bonchev–Trinajstić information content (AvgIpc) is 2.88. The Morgan fingerprint density at radius 1 is 1.56 bits per heavy atom. The van der Waals surface area contributed by atoms with Gasteiger partial charge in [0.2, 0.25) is 5.82 Å². The van der Waals surface area contributed by atoms with E-state index in [1.165, 1.54) is 12.8 Å². The molecular weight excluding hydrogens is 232 g/mol. The van der Waals surface area contributed by atoms with Crippen LogP contribution in [0, 0.1) is 22.5 Å². The Kier molecular flexibility index (Phi) is 3.04. The fourth-order valence-corrected chi connectivity index (χ4v) is 1.98. The fourth-order valence-electron chi connectivity index (χ4n) is 1.98. The third kappa shape index (κ3) is 2.32. The van der Waals surface area contributed by atoms with Gasteiger partial charge in [0, 0.05) is 12.6 Å². The number of aromatic nitrogens is 2. The first kappa shape index (κ1) is 12.9. The van der Waals surface area contributed by atoms with Crippen LogP contribution in [0.25, 0.3) is 0 Å². The molecule has 1 aromatic rings. The predicted octanol–water partition coefficient (Wildman–Crippen LogP) is 2.89. The number of rotatable bonds is 5. The minimum atomic E-state index is -0.348. The van der Waals surface area contributed by atoms with Crippen molar-refractivity contribution in [3.05, 3.63) is 15.8 Å². The van der Waals surface area contributed by atoms with E-state index in [0.717, 1.165) is 6.54 Å². The lowest BCUT2D eigenvalue weighted by Gasteiger charge is -2.14. The molecule has 1 fully saturated rings. The van der Waals surface area contributed by atoms with Crippen molar-refractivity contribution in [2.24, 2.45) is 5.41 Å². The van der Waals surface area contributed by atoms with E-state index in [0.29, 0.717) is 16.9 Å². The van der Waals surface area contributed by atoms with E-state index in [-0.39, 0.29) is 16.7 Å². The number of hydrogen-bond donors (Lipinski definition) is 1. The van der Waals surface area contributed by atoms with Gasteiger partial charge in [-0.15, -0.1) is 0 Å². The summed E-state index contributed by atoms with van der Waals surface area (Å²) in [6.07, 6.45) is 2.37. The zero-order valence-electron chi connectivity index (χ0n) is 11.4. The zero-order chi connectivity index (χ0) is 13.5. The van der Waals surface area contributed by atoms with Crippen molar-refractivity contribution in [3.8, 4) is 0 Å². The summed E-state index contributed by atoms with van der Waals surface area (Å²) < 4.78 is 1.71. The van der Waals surface area contributed by atoms with Crippen molar-refractivity contribution in [2.45, 2.75) is 46.6 Å². The normalized spacial score (nSPS) is 16.9. The smallest absolute Gasteiger partial charge is 0.333 e. The maximum Gasteiger partial charge on any atom is 0.333 e. The summed E-state index contributed by atoms with van der Waals surface area (Å²) in [7, 11) is 0. The Bertz CT molecular complexity index is 475. The third-order valence-electron chi connectivity index (χ3n) is 3.51. The van der Waals surface area contributed by atoms with Gasteiger partial charge >= 0.3 is 5.69 Å². The molecule has 18 heavy (non-hydrogen) atoms. The number of hydrogen-bond acceptors (Lipinski definition) is 4. The summed E-state index contributed by atoms with van der Waals surface area (Å²) in [6.45, 7) is 8.59. The molecule has 0 bridgehead atoms. The summed E-state index contributed by atoms with van der Waals surface area (Å²) in [6, 6.07) is 0.104. The van der Waals surface area contributed by atoms with Gasteiger partial charge in [0.1, 0.15) is 5.69 Å². The first-order valence-corrected chi connectivity index (χ1v) is 6.31. The van der Waals surface area contributed by atoms with E-state index < -0.39 is 0 Å². The summed E-state index contributed by atoms with van der Waals surface area (Å²) >= 11 is 0. The molecule has 0 aromatic carbocycles. The van der Waals surface area contributed by atoms with E-state index in [4.69, 9.17) is 0 Å². The van der Waals surface area contributed by atoms with E-state index in [1.54, 1.807) is 11.6 Å². The maximum absolute atomic E-state index is 11.1. The zero-order valence-corrected chi connectivity index (χ0v) is 11.4. The van der Waals surface area contributed by atoms with Crippen LogP contribution in [-0.4, -0.2) is 21.2 Å². The second-order valence-corrected chi connectivity index (χ2v) is 5.74. The van der Waals surface area contributed by atoms with Crippen molar-refractivity contribution in [1.29, 1.82) is 0 Å². The Morgan fingerprint density at radius 3 is 2.61 bits per heavy atom. The van der Waals surface area contributed by atoms with Gasteiger partial charge in [-0.25, -0.2) is 4.68 Å². The Balaban J connectivity index is 2.31. The monoisotopic (exact) mass is 252 g/mol. The average molecular weight is 252 g/mol. The highest BCUT2D eigenvalue weighted by Gasteiger charge is 2.38. The molecule has 1 heterocycles. The van der Waals surface area contributed by atoms with Crippen LogP contribution in [0.3, 0.4) is 0 Å². The van der Waals surface area contributed by atoms with Gasteiger partial charge in [-0.1, -0.05) is 6.92 Å². The van der Waals surface area contributed by atoms with Gasteiger partial charge in [0.15, 0.2) is 0 Å². The van der Waals surface area contributed by atoms with Crippen LogP contribution in [-0.2, 0) is 0 Å². The molecule has 6 nitrogen and oxygen atoms in total. The molecule has 0 spiro atoms. The third-order valence-corrected chi connectivity index (χ3v) is 3.51. The molecule has 2 rings (SSSR count). The van der Waals surface area contributed by atoms with Crippen LogP contribution in [0.2, 0.25) is 0 Å². The van der Waals surface area contributed by atoms with Crippen LogP contribution in [0.4, 0.5) is 11.5 Å². The van der Waals surface area contributed by atoms with Crippen molar-refractivity contribution in [1.82, 2.24) is 9.78 Å². The van der Waals surface area contributed by atoms with Gasteiger partial charge in [-0.2, -0.15) is 5.10 Å². The molecule has 1 aliphatic rings. The molecule has 0 atom stereocenters. The van der Waals surface area contributed by atoms with Crippen LogP contribution >= 0.6 is 0 Å². The Labute approximate surface area is 107 Å². The fraction of sp³-hybridized carbons (Fsp3) is 0.750. The second-order valence-electron chi connectivity index (χ2n) is 5.74. The number of nitro groups is 1. The molecule has 0 saturated heterocycles. The molecule has 0 aliphatic heterocycles. The van der Waals surface area contributed by atoms with Crippen molar-refractivity contribution in [2.75, 3.05) is 11.9 Å². The van der Waals surface area contributed by atoms with Gasteiger partial charge in [0.05, 0.1) is 4.92 Å². The highest BCUT2D eigenvalue weighted by Crippen LogP contribution is 2.45. The van der Waals surface area contributed by atoms with Crippen molar-refractivity contribution >= 4 is 11.5 Å². The van der Waals surface area contributed by atoms with Crippen LogP contribution in [0.1, 0.15) is 45.3 Å². The largest absolute Gasteiger partial charge is 0.364 e. The number of aryl methyl sites for hydroxylation is 1. The topological polar surface area (TPSA) is 73.0 Å². The highest BCUT2D eigenvalue weighted by atomic mass is 16.6. The van der Waals surface area contributed by atoms with E-state index in [1.807, 2.05) is 13.8 Å². The number of nitrogens with zero attached hydrogens (tertiary/aromatic N) is 3. The van der Waals surface area contributed by atoms with E-state index in [9.17, 15) is 10.1 Å². The van der Waals surface area contributed by atoms with Gasteiger partial charge in [0.25, 0.3) is 0 Å². The van der Waals surface area contributed by atoms with Crippen molar-refractivity contribution in [3.63, 3.8) is 0 Å². The minimum Gasteiger partial charge on any atom is -0.364 e. The summed E-state index contributed by atoms with van der Waals surface area (Å²) in [5.41, 5.74) is 0.874. The Morgan fingerprint density at radius 2 is 2.17 bits per heavy atom. The number of anilines is 1. The van der Waals surface area contributed by atoms with E-state index in [2.05, 4.69) is 17.3 Å². The minimum absolute atomic E-state index is 0.104. The maximum atomic E-state index is 11.1. The molecule has 0 amide bonds. The molecule has 0 unspecified atom stereocenters. The van der Waals surface area contributed by atoms with Gasteiger partial charge < -0.3 is 5.32 Å². The van der Waals surface area contributed by atoms with Crippen LogP contribution in [0.15, 0.2) is 0 Å². The Hall–Kier alpha value is -1.59. The highest BCUT2D eigenvalue weighted by molar-refractivity contribution is 5.60. The first-order chi connectivity index (χ1) is 8.34. The van der Waals surface area contributed by atoms with Crippen LogP contribution in [0.5, 0.6) is 0 Å². The summed E-state index contributed by atoms with van der Waals surface area (Å²) in [5.74, 6) is 0.542. The lowest BCUT2D eigenvalue weighted by Crippen LogP contribution is -2.17. The van der Waals surface area contributed by atoms with Gasteiger partial charge in [-0.3, -0.25) is 10.1 Å². The molecule has 1 aliphatic carbocycles. The van der Waals surface area contributed by atoms with Crippen molar-refractivity contribution < 1.29 is 4.92 Å². The SMILES string of the molecule is Cc1nn(C(C)C)c(NCC2(C)CC2)c1[N+](=O)[O-]. The van der Waals surface area contributed by atoms with Gasteiger partial charge in [-0.05, 0) is 39.0 Å². The molecule has 1 saturated carbocycles. The predicted molar refractivity (Wildman–Crippen MR) is 69.8 cm³/mol. The molecule has 0 radical (unpaired) electrons. The first-order valence-electron chi connectivity index (χ1n) is 6.31. The molecule has 6 heteroatoms. The lowest BCUT2D eigenvalue weighted by atomic mass is 10.1. The quantitative estimate of drug-likeness (QED) is 0.646. The molecular formula is C12H20N4O2. The summed E-state index contributed by atoms with van der Waals surface area (Å²) in [5, 5.41) is 18.6. The molecule has 100 valence electrons. The summed E-state index contributed by atoms with van der Waals surface area (Å²) in [4.78, 5) is 10.8.